The van der Waals surface area contributed by atoms with Gasteiger partial charge >= 0.3 is 6.03 Å². The van der Waals surface area contributed by atoms with Gasteiger partial charge in [-0.05, 0) is 35.7 Å². The molecule has 1 aromatic carbocycles. The lowest BCUT2D eigenvalue weighted by atomic mass is 10.3. The van der Waals surface area contributed by atoms with E-state index in [4.69, 9.17) is 4.42 Å². The van der Waals surface area contributed by atoms with E-state index in [0.717, 1.165) is 4.88 Å². The highest BCUT2D eigenvalue weighted by molar-refractivity contribution is 7.09. The van der Waals surface area contributed by atoms with Gasteiger partial charge in [0.05, 0.1) is 25.0 Å². The van der Waals surface area contributed by atoms with Gasteiger partial charge in [0.25, 0.3) is 0 Å². The second-order valence-corrected chi connectivity index (χ2v) is 5.96. The number of thiophene rings is 1. The first kappa shape index (κ1) is 15.3. The van der Waals surface area contributed by atoms with Gasteiger partial charge in [-0.3, -0.25) is 0 Å². The zero-order valence-electron chi connectivity index (χ0n) is 12.2. The molecule has 23 heavy (non-hydrogen) atoms. The molecule has 0 bridgehead atoms. The third-order valence-electron chi connectivity index (χ3n) is 3.26. The molecule has 6 heteroatoms. The highest BCUT2D eigenvalue weighted by atomic mass is 32.1. The molecule has 4 nitrogen and oxygen atoms in total. The first-order valence-electron chi connectivity index (χ1n) is 7.07. The average Bonchev–Trinajstić information content (AvgIpc) is 3.22. The lowest BCUT2D eigenvalue weighted by molar-refractivity contribution is 0.201. The topological polar surface area (TPSA) is 45.5 Å². The van der Waals surface area contributed by atoms with Gasteiger partial charge in [-0.2, -0.15) is 0 Å². The Kier molecular flexibility index (Phi) is 4.73. The van der Waals surface area contributed by atoms with Crippen LogP contribution in [-0.2, 0) is 13.1 Å². The van der Waals surface area contributed by atoms with Crippen molar-refractivity contribution < 1.29 is 13.6 Å². The fourth-order valence-electron chi connectivity index (χ4n) is 2.14. The van der Waals surface area contributed by atoms with Crippen molar-refractivity contribution in [2.45, 2.75) is 13.1 Å². The van der Waals surface area contributed by atoms with Crippen LogP contribution in [0, 0.1) is 5.82 Å². The third-order valence-corrected chi connectivity index (χ3v) is 4.12. The average molecular weight is 330 g/mol. The summed E-state index contributed by atoms with van der Waals surface area (Å²) in [4.78, 5) is 15.2. The smallest absolute Gasteiger partial charge is 0.322 e. The number of furan rings is 1. The largest absolute Gasteiger partial charge is 0.467 e. The molecular weight excluding hydrogens is 315 g/mol. The van der Waals surface area contributed by atoms with Crippen LogP contribution in [0.4, 0.5) is 14.9 Å². The standard InChI is InChI=1S/C17H15FN2O2S/c18-15-7-1-2-8-16(15)19-17(21)20(11-13-5-3-9-22-13)12-14-6-4-10-23-14/h1-10H,11-12H2,(H,19,21). The van der Waals surface area contributed by atoms with Gasteiger partial charge in [-0.15, -0.1) is 11.3 Å². The lowest BCUT2D eigenvalue weighted by Crippen LogP contribution is -2.34. The van der Waals surface area contributed by atoms with E-state index < -0.39 is 5.82 Å². The molecule has 0 spiro atoms. The molecule has 0 saturated heterocycles. The van der Waals surface area contributed by atoms with Gasteiger partial charge in [-0.1, -0.05) is 18.2 Å². The van der Waals surface area contributed by atoms with E-state index in [-0.39, 0.29) is 11.7 Å². The van der Waals surface area contributed by atoms with Crippen LogP contribution in [0.2, 0.25) is 0 Å². The van der Waals surface area contributed by atoms with Crippen LogP contribution in [0.5, 0.6) is 0 Å². The summed E-state index contributed by atoms with van der Waals surface area (Å²) in [5.74, 6) is 0.208. The first-order valence-corrected chi connectivity index (χ1v) is 7.95. The quantitative estimate of drug-likeness (QED) is 0.736. The fourth-order valence-corrected chi connectivity index (χ4v) is 2.86. The summed E-state index contributed by atoms with van der Waals surface area (Å²) in [5, 5.41) is 4.56. The number of nitrogens with one attached hydrogen (secondary N) is 1. The number of hydrogen-bond donors (Lipinski definition) is 1. The lowest BCUT2D eigenvalue weighted by Gasteiger charge is -2.21. The maximum absolute atomic E-state index is 13.7. The van der Waals surface area contributed by atoms with Gasteiger partial charge in [0, 0.05) is 4.88 Å². The van der Waals surface area contributed by atoms with Crippen molar-refractivity contribution in [3.63, 3.8) is 0 Å². The van der Waals surface area contributed by atoms with Crippen LogP contribution in [0.1, 0.15) is 10.6 Å². The number of anilines is 1. The van der Waals surface area contributed by atoms with E-state index in [2.05, 4.69) is 5.32 Å². The van der Waals surface area contributed by atoms with Crippen molar-refractivity contribution in [1.82, 2.24) is 4.90 Å². The minimum atomic E-state index is -0.463. The zero-order valence-corrected chi connectivity index (χ0v) is 13.1. The van der Waals surface area contributed by atoms with Gasteiger partial charge in [0.2, 0.25) is 0 Å². The number of nitrogens with zero attached hydrogens (tertiary/aromatic N) is 1. The number of para-hydroxylation sites is 1. The normalized spacial score (nSPS) is 10.5. The van der Waals surface area contributed by atoms with Crippen molar-refractivity contribution in [2.24, 2.45) is 0 Å². The van der Waals surface area contributed by atoms with E-state index in [1.54, 1.807) is 46.8 Å². The maximum Gasteiger partial charge on any atom is 0.322 e. The van der Waals surface area contributed by atoms with Crippen molar-refractivity contribution >= 4 is 23.1 Å². The monoisotopic (exact) mass is 330 g/mol. The second kappa shape index (κ2) is 7.11. The first-order chi connectivity index (χ1) is 11.2. The van der Waals surface area contributed by atoms with E-state index in [1.165, 1.54) is 12.1 Å². The minimum absolute atomic E-state index is 0.160. The third kappa shape index (κ3) is 3.98. The summed E-state index contributed by atoms with van der Waals surface area (Å²) in [6.07, 6.45) is 1.56. The van der Waals surface area contributed by atoms with Crippen molar-refractivity contribution in [1.29, 1.82) is 0 Å². The number of urea groups is 1. The molecule has 118 valence electrons. The molecule has 0 fully saturated rings. The van der Waals surface area contributed by atoms with Crippen molar-refractivity contribution in [3.8, 4) is 0 Å². The summed E-state index contributed by atoms with van der Waals surface area (Å²) in [6.45, 7) is 0.740. The zero-order chi connectivity index (χ0) is 16.1. The highest BCUT2D eigenvalue weighted by Crippen LogP contribution is 2.18. The molecule has 0 saturated carbocycles. The Morgan fingerprint density at radius 1 is 1.13 bits per heavy atom. The minimum Gasteiger partial charge on any atom is -0.467 e. The molecule has 0 radical (unpaired) electrons. The molecule has 0 unspecified atom stereocenters. The Morgan fingerprint density at radius 3 is 2.70 bits per heavy atom. The number of rotatable bonds is 5. The Hall–Kier alpha value is -2.60. The molecule has 0 aliphatic heterocycles. The molecular formula is C17H15FN2O2S. The van der Waals surface area contributed by atoms with Gasteiger partial charge in [-0.25, -0.2) is 9.18 Å². The van der Waals surface area contributed by atoms with Crippen LogP contribution < -0.4 is 5.32 Å². The Bertz CT molecular complexity index is 721. The van der Waals surface area contributed by atoms with Crippen molar-refractivity contribution in [2.75, 3.05) is 5.32 Å². The van der Waals surface area contributed by atoms with E-state index in [1.807, 2.05) is 17.5 Å². The number of carbonyl (C=O) groups is 1. The summed E-state index contributed by atoms with van der Waals surface area (Å²) >= 11 is 1.56. The maximum atomic E-state index is 13.7. The fraction of sp³-hybridized carbons (Fsp3) is 0.118. The van der Waals surface area contributed by atoms with E-state index in [0.29, 0.717) is 18.8 Å². The molecule has 0 aliphatic rings. The Morgan fingerprint density at radius 2 is 2.00 bits per heavy atom. The van der Waals surface area contributed by atoms with Crippen LogP contribution in [0.3, 0.4) is 0 Å². The predicted octanol–water partition coefficient (Wildman–Crippen LogP) is 4.71. The van der Waals surface area contributed by atoms with E-state index in [9.17, 15) is 9.18 Å². The molecule has 2 amide bonds. The van der Waals surface area contributed by atoms with Gasteiger partial charge in [0.15, 0.2) is 0 Å². The molecule has 2 heterocycles. The van der Waals surface area contributed by atoms with Crippen LogP contribution in [0.15, 0.2) is 64.6 Å². The molecule has 0 aliphatic carbocycles. The summed E-state index contributed by atoms with van der Waals surface area (Å²) in [6, 6.07) is 13.2. The van der Waals surface area contributed by atoms with Crippen LogP contribution in [-0.4, -0.2) is 10.9 Å². The van der Waals surface area contributed by atoms with Crippen LogP contribution >= 0.6 is 11.3 Å². The number of benzene rings is 1. The molecule has 3 rings (SSSR count). The molecule has 1 N–H and O–H groups in total. The molecule has 3 aromatic rings. The Balaban J connectivity index is 1.76. The molecule has 2 aromatic heterocycles. The Labute approximate surface area is 137 Å². The van der Waals surface area contributed by atoms with E-state index >= 15 is 0 Å². The highest BCUT2D eigenvalue weighted by Gasteiger charge is 2.17. The van der Waals surface area contributed by atoms with Crippen LogP contribution in [0.25, 0.3) is 0 Å². The molecule has 0 atom stereocenters. The van der Waals surface area contributed by atoms with Gasteiger partial charge in [0.1, 0.15) is 11.6 Å². The SMILES string of the molecule is O=C(Nc1ccccc1F)N(Cc1ccco1)Cc1cccs1. The summed E-state index contributed by atoms with van der Waals surface area (Å²) < 4.78 is 19.0. The predicted molar refractivity (Wildman–Crippen MR) is 87.7 cm³/mol. The van der Waals surface area contributed by atoms with Gasteiger partial charge < -0.3 is 14.6 Å². The summed E-state index contributed by atoms with van der Waals surface area (Å²) in [7, 11) is 0. The number of amides is 2. The summed E-state index contributed by atoms with van der Waals surface area (Å²) in [5.41, 5.74) is 0.160. The number of carbonyl (C=O) groups excluding carboxylic acids is 1. The number of hydrogen-bond acceptors (Lipinski definition) is 3. The second-order valence-electron chi connectivity index (χ2n) is 4.92. The van der Waals surface area contributed by atoms with Crippen molar-refractivity contribution in [3.05, 3.63) is 76.6 Å². The number of halogens is 1.